The molecule has 3 heterocycles. The van der Waals surface area contributed by atoms with Crippen LogP contribution in [0.4, 0.5) is 14.5 Å². The number of aryl methyl sites for hydroxylation is 1. The Morgan fingerprint density at radius 1 is 1.27 bits per heavy atom. The van der Waals surface area contributed by atoms with Gasteiger partial charge in [-0.2, -0.15) is 5.10 Å². The number of hydrogen-bond donors (Lipinski definition) is 2. The normalized spacial score (nSPS) is 20.5. The number of hydrogen-bond acceptors (Lipinski definition) is 6. The van der Waals surface area contributed by atoms with E-state index < -0.39 is 44.6 Å². The topological polar surface area (TPSA) is 123 Å². The van der Waals surface area contributed by atoms with E-state index in [1.165, 1.54) is 10.7 Å². The van der Waals surface area contributed by atoms with E-state index >= 15 is 0 Å². The number of amides is 2. The van der Waals surface area contributed by atoms with Crippen LogP contribution in [0.15, 0.2) is 30.5 Å². The number of nitrogens with zero attached hydrogens (tertiary/aromatic N) is 3. The van der Waals surface area contributed by atoms with Crippen LogP contribution in [0, 0.1) is 11.6 Å². The molecule has 2 N–H and O–H groups in total. The Balaban J connectivity index is 1.45. The molecule has 6 rings (SSSR count). The van der Waals surface area contributed by atoms with E-state index in [0.29, 0.717) is 30.0 Å². The van der Waals surface area contributed by atoms with Gasteiger partial charge in [0.15, 0.2) is 15.5 Å². The largest absolute Gasteiger partial charge is 0.339 e. The molecule has 0 radical (unpaired) electrons. The Bertz CT molecular complexity index is 1580. The number of fused-ring (bicyclic) bond motifs is 3. The fourth-order valence-corrected chi connectivity index (χ4v) is 5.96. The molecule has 1 saturated carbocycles. The molecule has 1 aromatic carbocycles. The Morgan fingerprint density at radius 3 is 2.73 bits per heavy atom. The lowest BCUT2D eigenvalue weighted by Crippen LogP contribution is -2.53. The summed E-state index contributed by atoms with van der Waals surface area (Å²) in [6, 6.07) is 5.73. The van der Waals surface area contributed by atoms with Crippen molar-refractivity contribution in [2.75, 3.05) is 17.3 Å². The van der Waals surface area contributed by atoms with Crippen molar-refractivity contribution in [2.24, 2.45) is 0 Å². The van der Waals surface area contributed by atoms with Crippen LogP contribution in [0.2, 0.25) is 0 Å². The van der Waals surface area contributed by atoms with Crippen LogP contribution >= 0.6 is 0 Å². The minimum absolute atomic E-state index is 0.00603. The summed E-state index contributed by atoms with van der Waals surface area (Å²) in [7, 11) is -3.63. The minimum Gasteiger partial charge on any atom is -0.339 e. The van der Waals surface area contributed by atoms with Gasteiger partial charge in [-0.15, -0.1) is 0 Å². The van der Waals surface area contributed by atoms with Gasteiger partial charge >= 0.3 is 0 Å². The van der Waals surface area contributed by atoms with Gasteiger partial charge in [-0.05, 0) is 54.9 Å². The van der Waals surface area contributed by atoms with Gasteiger partial charge in [-0.1, -0.05) is 6.07 Å². The third kappa shape index (κ3) is 4.18. The van der Waals surface area contributed by atoms with Crippen LogP contribution in [0.1, 0.15) is 52.4 Å². The fourth-order valence-electron chi connectivity index (χ4n) is 5.41. The Morgan fingerprint density at radius 2 is 2.05 bits per heavy atom. The van der Waals surface area contributed by atoms with E-state index in [1.54, 1.807) is 12.3 Å². The highest BCUT2D eigenvalue weighted by atomic mass is 32.2. The van der Waals surface area contributed by atoms with E-state index in [2.05, 4.69) is 20.7 Å². The number of anilines is 1. The second-order valence-corrected chi connectivity index (χ2v) is 12.2. The van der Waals surface area contributed by atoms with Gasteiger partial charge in [0.05, 0.1) is 17.8 Å². The first-order valence-corrected chi connectivity index (χ1v) is 13.9. The van der Waals surface area contributed by atoms with Crippen LogP contribution in [-0.4, -0.2) is 47.0 Å². The monoisotopic (exact) mass is 527 g/mol. The zero-order valence-electron chi connectivity index (χ0n) is 19.8. The molecule has 37 heavy (non-hydrogen) atoms. The van der Waals surface area contributed by atoms with Crippen LogP contribution in [0.3, 0.4) is 0 Å². The number of carbonyl (C=O) groups excluding carboxylic acids is 2. The second-order valence-electron chi connectivity index (χ2n) is 10.1. The summed E-state index contributed by atoms with van der Waals surface area (Å²) in [6.07, 6.45) is 5.56. The molecule has 2 aliphatic carbocycles. The van der Waals surface area contributed by atoms with Crippen molar-refractivity contribution in [3.05, 3.63) is 64.5 Å². The lowest BCUT2D eigenvalue weighted by molar-refractivity contribution is -0.113. The number of aromatic nitrogens is 3. The molecule has 1 atom stereocenters. The second kappa shape index (κ2) is 8.17. The van der Waals surface area contributed by atoms with Gasteiger partial charge in [0.2, 0.25) is 5.91 Å². The minimum atomic E-state index is -3.63. The van der Waals surface area contributed by atoms with Crippen LogP contribution < -0.4 is 10.6 Å². The number of rotatable bonds is 5. The summed E-state index contributed by atoms with van der Waals surface area (Å²) >= 11 is 0. The number of halogens is 2. The maximum absolute atomic E-state index is 14.9. The van der Waals surface area contributed by atoms with Crippen LogP contribution in [0.25, 0.3) is 11.4 Å². The maximum atomic E-state index is 14.9. The summed E-state index contributed by atoms with van der Waals surface area (Å²) in [5.74, 6) is -3.18. The molecule has 0 unspecified atom stereocenters. The van der Waals surface area contributed by atoms with Crippen molar-refractivity contribution in [1.29, 1.82) is 0 Å². The van der Waals surface area contributed by atoms with E-state index in [4.69, 9.17) is 0 Å². The van der Waals surface area contributed by atoms with Gasteiger partial charge in [-0.25, -0.2) is 17.2 Å². The highest BCUT2D eigenvalue weighted by Gasteiger charge is 2.48. The standard InChI is InChI=1S/C25H23F2N5O4S/c1-37(35,36)11-19(33)29-22-21(18-5-4-15(10-28-18)13-2-3-13)31-32-12-25(30-24(34)23(22)32)7-6-14-8-16(26)9-17(27)20(14)25/h4-5,8-10,13H,2-3,6-7,11-12H2,1H3,(H,29,33)(H,30,34)/t25-/m0/s1. The molecule has 1 aliphatic heterocycles. The molecule has 0 bridgehead atoms. The summed E-state index contributed by atoms with van der Waals surface area (Å²) in [5, 5.41) is 10.00. The SMILES string of the molecule is CS(=O)(=O)CC(=O)Nc1c(-c2ccc(C3CC3)cn2)nn2c1C(=O)N[C@@]1(CCc3cc(F)cc(F)c31)C2. The lowest BCUT2D eigenvalue weighted by atomic mass is 9.89. The molecule has 9 nitrogen and oxygen atoms in total. The zero-order valence-corrected chi connectivity index (χ0v) is 20.7. The van der Waals surface area contributed by atoms with Crippen LogP contribution in [0.5, 0.6) is 0 Å². The summed E-state index contributed by atoms with van der Waals surface area (Å²) in [4.78, 5) is 30.5. The van der Waals surface area contributed by atoms with Crippen molar-refractivity contribution < 1.29 is 26.8 Å². The molecule has 192 valence electrons. The highest BCUT2D eigenvalue weighted by Crippen LogP contribution is 2.44. The van der Waals surface area contributed by atoms with Gasteiger partial charge in [0.25, 0.3) is 5.91 Å². The predicted molar refractivity (Wildman–Crippen MR) is 130 cm³/mol. The smallest absolute Gasteiger partial charge is 0.272 e. The molecule has 2 amide bonds. The van der Waals surface area contributed by atoms with Crippen molar-refractivity contribution >= 4 is 27.3 Å². The Hall–Kier alpha value is -3.67. The number of benzene rings is 1. The van der Waals surface area contributed by atoms with E-state index in [1.807, 2.05) is 6.07 Å². The molecule has 1 spiro atoms. The summed E-state index contributed by atoms with van der Waals surface area (Å²) < 4.78 is 53.5. The maximum Gasteiger partial charge on any atom is 0.272 e. The fraction of sp³-hybridized carbons (Fsp3) is 0.360. The average Bonchev–Trinajstić information content (AvgIpc) is 3.51. The molecule has 0 saturated heterocycles. The van der Waals surface area contributed by atoms with E-state index in [9.17, 15) is 26.8 Å². The molecule has 1 fully saturated rings. The molecule has 3 aliphatic rings. The number of pyridine rings is 1. The third-order valence-electron chi connectivity index (χ3n) is 7.11. The van der Waals surface area contributed by atoms with Gasteiger partial charge in [0, 0.05) is 24.1 Å². The van der Waals surface area contributed by atoms with Crippen LogP contribution in [-0.2, 0) is 33.1 Å². The van der Waals surface area contributed by atoms with E-state index in [0.717, 1.165) is 30.7 Å². The Labute approximate surface area is 211 Å². The first-order valence-electron chi connectivity index (χ1n) is 11.9. The molecular formula is C25H23F2N5O4S. The molecule has 12 heteroatoms. The molecule has 3 aromatic rings. The van der Waals surface area contributed by atoms with Crippen molar-refractivity contribution in [2.45, 2.75) is 43.7 Å². The van der Waals surface area contributed by atoms with Gasteiger partial charge in [0.1, 0.15) is 28.8 Å². The number of nitrogens with one attached hydrogen (secondary N) is 2. The quantitative estimate of drug-likeness (QED) is 0.526. The van der Waals surface area contributed by atoms with Crippen molar-refractivity contribution in [3.8, 4) is 11.4 Å². The summed E-state index contributed by atoms with van der Waals surface area (Å²) in [5.41, 5.74) is 1.27. The Kier molecular flexibility index (Phi) is 5.23. The molecular weight excluding hydrogens is 504 g/mol. The summed E-state index contributed by atoms with van der Waals surface area (Å²) in [6.45, 7) is 0.0404. The first kappa shape index (κ1) is 23.7. The van der Waals surface area contributed by atoms with Crippen molar-refractivity contribution in [1.82, 2.24) is 20.1 Å². The average molecular weight is 528 g/mol. The first-order chi connectivity index (χ1) is 17.5. The number of sulfone groups is 1. The highest BCUT2D eigenvalue weighted by molar-refractivity contribution is 7.91. The lowest BCUT2D eigenvalue weighted by Gasteiger charge is -2.36. The number of carbonyl (C=O) groups is 2. The van der Waals surface area contributed by atoms with E-state index in [-0.39, 0.29) is 29.2 Å². The zero-order chi connectivity index (χ0) is 26.1. The van der Waals surface area contributed by atoms with Gasteiger partial charge in [-0.3, -0.25) is 19.3 Å². The predicted octanol–water partition coefficient (Wildman–Crippen LogP) is 2.67. The van der Waals surface area contributed by atoms with Gasteiger partial charge < -0.3 is 10.6 Å². The molecule has 2 aromatic heterocycles. The van der Waals surface area contributed by atoms with Crippen molar-refractivity contribution in [3.63, 3.8) is 0 Å². The third-order valence-corrected chi connectivity index (χ3v) is 7.90.